The van der Waals surface area contributed by atoms with E-state index in [9.17, 15) is 0 Å². The molecule has 0 saturated heterocycles. The molecule has 100 valence electrons. The fourth-order valence-electron chi connectivity index (χ4n) is 1.98. The van der Waals surface area contributed by atoms with Crippen LogP contribution in [0.5, 0.6) is 0 Å². The monoisotopic (exact) mass is 255 g/mol. The number of allylic oxidation sites excluding steroid dienone is 1. The minimum absolute atomic E-state index is 0.519. The number of nitrogens with one attached hydrogen (secondary N) is 2. The summed E-state index contributed by atoms with van der Waals surface area (Å²) < 4.78 is 0. The van der Waals surface area contributed by atoms with Gasteiger partial charge in [0.05, 0.1) is 5.69 Å². The molecule has 0 aliphatic rings. The second-order valence-electron chi connectivity index (χ2n) is 4.82. The first-order valence-corrected chi connectivity index (χ1v) is 6.72. The largest absolute Gasteiger partial charge is 0.310 e. The molecule has 0 fully saturated rings. The molecule has 2 rings (SSSR count). The molecule has 2 N–H and O–H groups in total. The Hall–Kier alpha value is -1.87. The van der Waals surface area contributed by atoms with Gasteiger partial charge in [-0.15, -0.1) is 6.58 Å². The third-order valence-corrected chi connectivity index (χ3v) is 3.22. The Balaban J connectivity index is 1.87. The summed E-state index contributed by atoms with van der Waals surface area (Å²) in [6, 6.07) is 11.1. The third-order valence-electron chi connectivity index (χ3n) is 3.22. The van der Waals surface area contributed by atoms with Crippen LogP contribution in [-0.4, -0.2) is 16.2 Å². The minimum atomic E-state index is 0.519. The summed E-state index contributed by atoms with van der Waals surface area (Å²) in [6.07, 6.45) is 5.94. The minimum Gasteiger partial charge on any atom is -0.310 e. The predicted octanol–water partition coefficient (Wildman–Crippen LogP) is 3.52. The van der Waals surface area contributed by atoms with Gasteiger partial charge in [0.25, 0.3) is 0 Å². The van der Waals surface area contributed by atoms with Gasteiger partial charge in [0.1, 0.15) is 0 Å². The number of hydrogen-bond donors (Lipinski definition) is 2. The SMILES string of the molecule is C=CCCC(C)NCc1ccc(-c2ccn[nH]2)cc1. The van der Waals surface area contributed by atoms with Gasteiger partial charge >= 0.3 is 0 Å². The second-order valence-corrected chi connectivity index (χ2v) is 4.82. The molecule has 0 amide bonds. The maximum Gasteiger partial charge on any atom is 0.0650 e. The van der Waals surface area contributed by atoms with E-state index in [4.69, 9.17) is 0 Å². The van der Waals surface area contributed by atoms with Gasteiger partial charge < -0.3 is 5.32 Å². The quantitative estimate of drug-likeness (QED) is 0.743. The molecule has 1 aromatic carbocycles. The lowest BCUT2D eigenvalue weighted by Crippen LogP contribution is -2.25. The second kappa shape index (κ2) is 6.90. The number of H-pyrrole nitrogens is 1. The zero-order valence-electron chi connectivity index (χ0n) is 11.4. The van der Waals surface area contributed by atoms with Crippen LogP contribution in [0, 0.1) is 0 Å². The first-order chi connectivity index (χ1) is 9.29. The molecule has 0 aliphatic heterocycles. The van der Waals surface area contributed by atoms with E-state index < -0.39 is 0 Å². The predicted molar refractivity (Wildman–Crippen MR) is 79.8 cm³/mol. The summed E-state index contributed by atoms with van der Waals surface area (Å²) in [5, 5.41) is 10.5. The van der Waals surface area contributed by atoms with Crippen molar-refractivity contribution in [3.05, 3.63) is 54.7 Å². The highest BCUT2D eigenvalue weighted by molar-refractivity contribution is 5.58. The maximum absolute atomic E-state index is 3.96. The van der Waals surface area contributed by atoms with Gasteiger partial charge in [-0.1, -0.05) is 30.3 Å². The molecular formula is C16H21N3. The lowest BCUT2D eigenvalue weighted by Gasteiger charge is -2.12. The number of nitrogens with zero attached hydrogens (tertiary/aromatic N) is 1. The standard InChI is InChI=1S/C16H21N3/c1-3-4-5-13(2)17-12-14-6-8-15(9-7-14)16-10-11-18-19-16/h3,6-11,13,17H,1,4-5,12H2,2H3,(H,18,19). The average Bonchev–Trinajstić information content (AvgIpc) is 2.97. The van der Waals surface area contributed by atoms with Gasteiger partial charge in [0.2, 0.25) is 0 Å². The molecule has 1 heterocycles. The van der Waals surface area contributed by atoms with Crippen molar-refractivity contribution in [2.75, 3.05) is 0 Å². The van der Waals surface area contributed by atoms with Gasteiger partial charge in [-0.05, 0) is 37.0 Å². The number of rotatable bonds is 7. The van der Waals surface area contributed by atoms with Crippen LogP contribution >= 0.6 is 0 Å². The van der Waals surface area contributed by atoms with E-state index in [1.807, 2.05) is 12.1 Å². The van der Waals surface area contributed by atoms with Crippen molar-refractivity contribution in [3.63, 3.8) is 0 Å². The first kappa shape index (κ1) is 13.6. The molecule has 0 aliphatic carbocycles. The van der Waals surface area contributed by atoms with E-state index in [-0.39, 0.29) is 0 Å². The van der Waals surface area contributed by atoms with Crippen LogP contribution in [0.3, 0.4) is 0 Å². The Labute approximate surface area is 114 Å². The van der Waals surface area contributed by atoms with Crippen molar-refractivity contribution in [3.8, 4) is 11.3 Å². The zero-order valence-corrected chi connectivity index (χ0v) is 11.4. The summed E-state index contributed by atoms with van der Waals surface area (Å²) >= 11 is 0. The normalized spacial score (nSPS) is 12.3. The molecular weight excluding hydrogens is 234 g/mol. The lowest BCUT2D eigenvalue weighted by atomic mass is 10.1. The summed E-state index contributed by atoms with van der Waals surface area (Å²) in [5.74, 6) is 0. The third kappa shape index (κ3) is 4.07. The highest BCUT2D eigenvalue weighted by Crippen LogP contribution is 2.16. The van der Waals surface area contributed by atoms with Gasteiger partial charge in [0, 0.05) is 18.8 Å². The van der Waals surface area contributed by atoms with Crippen LogP contribution in [0.15, 0.2) is 49.2 Å². The Morgan fingerprint density at radius 2 is 2.11 bits per heavy atom. The topological polar surface area (TPSA) is 40.7 Å². The Morgan fingerprint density at radius 3 is 2.74 bits per heavy atom. The summed E-state index contributed by atoms with van der Waals surface area (Å²) in [6.45, 7) is 6.86. The van der Waals surface area contributed by atoms with Crippen molar-refractivity contribution in [2.45, 2.75) is 32.4 Å². The van der Waals surface area contributed by atoms with Gasteiger partial charge in [0.15, 0.2) is 0 Å². The molecule has 0 radical (unpaired) electrons. The number of benzene rings is 1. The highest BCUT2D eigenvalue weighted by atomic mass is 15.1. The van der Waals surface area contributed by atoms with Gasteiger partial charge in [-0.25, -0.2) is 0 Å². The van der Waals surface area contributed by atoms with Crippen LogP contribution in [0.1, 0.15) is 25.3 Å². The zero-order chi connectivity index (χ0) is 13.5. The Bertz CT molecular complexity index is 485. The van der Waals surface area contributed by atoms with Crippen molar-refractivity contribution in [1.29, 1.82) is 0 Å². The van der Waals surface area contributed by atoms with Crippen molar-refractivity contribution in [2.24, 2.45) is 0 Å². The molecule has 19 heavy (non-hydrogen) atoms. The molecule has 3 nitrogen and oxygen atoms in total. The van der Waals surface area contributed by atoms with Gasteiger partial charge in [-0.2, -0.15) is 5.10 Å². The number of aromatic amines is 1. The smallest absolute Gasteiger partial charge is 0.0650 e. The van der Waals surface area contributed by atoms with Crippen LogP contribution < -0.4 is 5.32 Å². The Morgan fingerprint density at radius 1 is 1.32 bits per heavy atom. The molecule has 1 aromatic heterocycles. The molecule has 2 aromatic rings. The molecule has 0 spiro atoms. The molecule has 0 saturated carbocycles. The summed E-state index contributed by atoms with van der Waals surface area (Å²) in [7, 11) is 0. The molecule has 1 atom stereocenters. The number of hydrogen-bond acceptors (Lipinski definition) is 2. The summed E-state index contributed by atoms with van der Waals surface area (Å²) in [4.78, 5) is 0. The lowest BCUT2D eigenvalue weighted by molar-refractivity contribution is 0.518. The van der Waals surface area contributed by atoms with Gasteiger partial charge in [-0.3, -0.25) is 5.10 Å². The van der Waals surface area contributed by atoms with E-state index in [2.05, 4.69) is 53.3 Å². The summed E-state index contributed by atoms with van der Waals surface area (Å²) in [5.41, 5.74) is 3.52. The molecule has 3 heteroatoms. The molecule has 0 bridgehead atoms. The van der Waals surface area contributed by atoms with E-state index >= 15 is 0 Å². The van der Waals surface area contributed by atoms with Crippen LogP contribution in [-0.2, 0) is 6.54 Å². The first-order valence-electron chi connectivity index (χ1n) is 6.72. The van der Waals surface area contributed by atoms with Crippen LogP contribution in [0.25, 0.3) is 11.3 Å². The Kier molecular flexibility index (Phi) is 4.93. The van der Waals surface area contributed by atoms with Crippen LogP contribution in [0.4, 0.5) is 0 Å². The fourth-order valence-corrected chi connectivity index (χ4v) is 1.98. The maximum atomic E-state index is 3.96. The fraction of sp³-hybridized carbons (Fsp3) is 0.312. The van der Waals surface area contributed by atoms with E-state index in [1.165, 1.54) is 11.1 Å². The van der Waals surface area contributed by atoms with E-state index in [0.29, 0.717) is 6.04 Å². The van der Waals surface area contributed by atoms with Crippen LogP contribution in [0.2, 0.25) is 0 Å². The highest BCUT2D eigenvalue weighted by Gasteiger charge is 2.02. The van der Waals surface area contributed by atoms with E-state index in [1.54, 1.807) is 6.20 Å². The molecule has 1 unspecified atom stereocenters. The van der Waals surface area contributed by atoms with Crippen molar-refractivity contribution in [1.82, 2.24) is 15.5 Å². The van der Waals surface area contributed by atoms with Crippen molar-refractivity contribution < 1.29 is 0 Å². The number of aromatic nitrogens is 2. The van der Waals surface area contributed by atoms with Crippen molar-refractivity contribution >= 4 is 0 Å². The average molecular weight is 255 g/mol. The van der Waals surface area contributed by atoms with E-state index in [0.717, 1.165) is 25.1 Å².